The number of hydrogen-bond donors (Lipinski definition) is 0. The van der Waals surface area contributed by atoms with Crippen molar-refractivity contribution < 1.29 is 4.57 Å². The minimum Gasteiger partial charge on any atom is -0.237 e. The molecule has 0 saturated carbocycles. The Bertz CT molecular complexity index is 504. The van der Waals surface area contributed by atoms with Crippen LogP contribution in [0.3, 0.4) is 0 Å². The van der Waals surface area contributed by atoms with E-state index in [0.717, 1.165) is 12.2 Å². The normalized spacial score (nSPS) is 11.0. The van der Waals surface area contributed by atoms with Gasteiger partial charge in [-0.25, -0.2) is 4.57 Å². The van der Waals surface area contributed by atoms with E-state index < -0.39 is 0 Å². The van der Waals surface area contributed by atoms with Gasteiger partial charge in [0.15, 0.2) is 0 Å². The van der Waals surface area contributed by atoms with Crippen LogP contribution < -0.4 is 4.57 Å². The lowest BCUT2D eigenvalue weighted by Gasteiger charge is -2.01. The number of rotatable bonds is 11. The Morgan fingerprint density at radius 2 is 1.50 bits per heavy atom. The first-order chi connectivity index (χ1) is 10.9. The number of aromatic nitrogens is 3. The van der Waals surface area contributed by atoms with Gasteiger partial charge in [-0.15, -0.1) is 0 Å². The zero-order valence-corrected chi connectivity index (χ0v) is 14.0. The van der Waals surface area contributed by atoms with Crippen LogP contribution in [0, 0.1) is 0 Å². The molecule has 3 heteroatoms. The average Bonchev–Trinajstić information content (AvgIpc) is 3.03. The van der Waals surface area contributed by atoms with Crippen LogP contribution in [0.15, 0.2) is 43.0 Å². The lowest BCUT2D eigenvalue weighted by Crippen LogP contribution is -2.30. The highest BCUT2D eigenvalue weighted by molar-refractivity contribution is 5.28. The standard InChI is InChI=1S/C19H30N3/c1-2-3-4-5-6-7-8-9-13-16-21-17-20-22(18-21)19-14-11-10-12-15-19/h10-12,14-15,17-18H,2-9,13,16H2,1H3/q+1. The molecule has 22 heavy (non-hydrogen) atoms. The van der Waals surface area contributed by atoms with Crippen LogP contribution in [0.2, 0.25) is 0 Å². The number of aryl methyl sites for hydroxylation is 1. The molecule has 1 heterocycles. The van der Waals surface area contributed by atoms with E-state index in [2.05, 4.69) is 35.0 Å². The van der Waals surface area contributed by atoms with Gasteiger partial charge in [0, 0.05) is 5.10 Å². The zero-order chi connectivity index (χ0) is 15.5. The van der Waals surface area contributed by atoms with Crippen molar-refractivity contribution in [2.45, 2.75) is 71.3 Å². The molecule has 3 nitrogen and oxygen atoms in total. The predicted molar refractivity (Wildman–Crippen MR) is 91.0 cm³/mol. The molecule has 0 radical (unpaired) electrons. The van der Waals surface area contributed by atoms with Gasteiger partial charge >= 0.3 is 0 Å². The van der Waals surface area contributed by atoms with Gasteiger partial charge in [0.2, 0.25) is 6.33 Å². The molecule has 0 aliphatic carbocycles. The molecule has 1 aromatic carbocycles. The fourth-order valence-corrected chi connectivity index (χ4v) is 2.76. The molecule has 0 unspecified atom stereocenters. The summed E-state index contributed by atoms with van der Waals surface area (Å²) in [5.41, 5.74) is 1.12. The van der Waals surface area contributed by atoms with Crippen molar-refractivity contribution in [1.82, 2.24) is 9.78 Å². The van der Waals surface area contributed by atoms with E-state index in [9.17, 15) is 0 Å². The molecule has 120 valence electrons. The Morgan fingerprint density at radius 1 is 0.864 bits per heavy atom. The van der Waals surface area contributed by atoms with Crippen LogP contribution in [0.5, 0.6) is 0 Å². The van der Waals surface area contributed by atoms with Gasteiger partial charge in [0.05, 0.1) is 6.54 Å². The molecule has 2 rings (SSSR count). The lowest BCUT2D eigenvalue weighted by molar-refractivity contribution is -0.697. The van der Waals surface area contributed by atoms with Crippen LogP contribution in [-0.4, -0.2) is 9.78 Å². The summed E-state index contributed by atoms with van der Waals surface area (Å²) in [4.78, 5) is 0. The van der Waals surface area contributed by atoms with Crippen LogP contribution in [0.25, 0.3) is 5.69 Å². The highest BCUT2D eigenvalue weighted by Gasteiger charge is 2.07. The fraction of sp³-hybridized carbons (Fsp3) is 0.579. The molecular weight excluding hydrogens is 270 g/mol. The summed E-state index contributed by atoms with van der Waals surface area (Å²) in [6.45, 7) is 3.35. The van der Waals surface area contributed by atoms with Gasteiger partial charge in [0.25, 0.3) is 6.33 Å². The van der Waals surface area contributed by atoms with Crippen LogP contribution in [-0.2, 0) is 6.54 Å². The van der Waals surface area contributed by atoms with E-state index in [1.54, 1.807) is 0 Å². The summed E-state index contributed by atoms with van der Waals surface area (Å²) in [7, 11) is 0. The Morgan fingerprint density at radius 3 is 2.18 bits per heavy atom. The molecule has 1 aromatic heterocycles. The Balaban J connectivity index is 1.57. The summed E-state index contributed by atoms with van der Waals surface area (Å²) in [5.74, 6) is 0. The molecule has 0 fully saturated rings. The van der Waals surface area contributed by atoms with E-state index in [1.165, 1.54) is 57.8 Å². The molecule has 0 aliphatic rings. The van der Waals surface area contributed by atoms with Crippen molar-refractivity contribution >= 4 is 0 Å². The quantitative estimate of drug-likeness (QED) is 0.436. The zero-order valence-electron chi connectivity index (χ0n) is 14.0. The number of unbranched alkanes of at least 4 members (excludes halogenated alkanes) is 8. The smallest absolute Gasteiger partial charge is 0.237 e. The highest BCUT2D eigenvalue weighted by atomic mass is 15.3. The Hall–Kier alpha value is -1.64. The molecule has 0 spiro atoms. The minimum absolute atomic E-state index is 1.07. The van der Waals surface area contributed by atoms with Crippen molar-refractivity contribution in [1.29, 1.82) is 0 Å². The van der Waals surface area contributed by atoms with E-state index in [-0.39, 0.29) is 0 Å². The largest absolute Gasteiger partial charge is 0.265 e. The molecule has 0 bridgehead atoms. The molecular formula is C19H30N3+. The van der Waals surface area contributed by atoms with Crippen LogP contribution >= 0.6 is 0 Å². The second-order valence-corrected chi connectivity index (χ2v) is 6.09. The van der Waals surface area contributed by atoms with Gasteiger partial charge in [-0.2, -0.15) is 0 Å². The number of hydrogen-bond acceptors (Lipinski definition) is 1. The second kappa shape index (κ2) is 10.1. The van der Waals surface area contributed by atoms with Gasteiger partial charge in [-0.1, -0.05) is 81.2 Å². The summed E-state index contributed by atoms with van der Waals surface area (Å²) in [6.07, 6.45) is 16.4. The van der Waals surface area contributed by atoms with Crippen molar-refractivity contribution in [2.75, 3.05) is 0 Å². The third-order valence-corrected chi connectivity index (χ3v) is 4.12. The minimum atomic E-state index is 1.07. The Kier molecular flexibility index (Phi) is 7.71. The lowest BCUT2D eigenvalue weighted by atomic mass is 10.1. The third kappa shape index (κ3) is 6.00. The van der Waals surface area contributed by atoms with E-state index in [4.69, 9.17) is 0 Å². The summed E-state index contributed by atoms with van der Waals surface area (Å²) in [6, 6.07) is 10.3. The van der Waals surface area contributed by atoms with Crippen LogP contribution in [0.1, 0.15) is 64.7 Å². The topological polar surface area (TPSA) is 21.7 Å². The maximum Gasteiger partial charge on any atom is 0.265 e. The van der Waals surface area contributed by atoms with E-state index in [0.29, 0.717) is 0 Å². The van der Waals surface area contributed by atoms with Gasteiger partial charge in [-0.3, -0.25) is 0 Å². The predicted octanol–water partition coefficient (Wildman–Crippen LogP) is 4.69. The molecule has 0 aliphatic heterocycles. The van der Waals surface area contributed by atoms with Crippen molar-refractivity contribution in [3.05, 3.63) is 43.0 Å². The van der Waals surface area contributed by atoms with Crippen molar-refractivity contribution in [2.24, 2.45) is 0 Å². The summed E-state index contributed by atoms with van der Waals surface area (Å²) < 4.78 is 4.13. The maximum atomic E-state index is 4.42. The van der Waals surface area contributed by atoms with Crippen molar-refractivity contribution in [3.8, 4) is 5.69 Å². The summed E-state index contributed by atoms with van der Waals surface area (Å²) >= 11 is 0. The SMILES string of the molecule is CCCCCCCCCCC[n+]1cnn(-c2ccccc2)c1. The number of nitrogens with zero attached hydrogens (tertiary/aromatic N) is 3. The highest BCUT2D eigenvalue weighted by Crippen LogP contribution is 2.09. The molecule has 0 amide bonds. The number of para-hydroxylation sites is 1. The summed E-state index contributed by atoms with van der Waals surface area (Å²) in [5, 5.41) is 4.42. The third-order valence-electron chi connectivity index (χ3n) is 4.12. The number of benzene rings is 1. The van der Waals surface area contributed by atoms with E-state index >= 15 is 0 Å². The van der Waals surface area contributed by atoms with Gasteiger partial charge < -0.3 is 0 Å². The second-order valence-electron chi connectivity index (χ2n) is 6.09. The average molecular weight is 300 g/mol. The molecule has 0 saturated heterocycles. The Labute approximate surface area is 135 Å². The van der Waals surface area contributed by atoms with Gasteiger partial charge in [0.1, 0.15) is 5.69 Å². The molecule has 0 N–H and O–H groups in total. The van der Waals surface area contributed by atoms with Crippen LogP contribution in [0.4, 0.5) is 0 Å². The fourth-order valence-electron chi connectivity index (χ4n) is 2.76. The molecule has 2 aromatic rings. The monoisotopic (exact) mass is 300 g/mol. The first-order valence-corrected chi connectivity index (χ1v) is 8.89. The maximum absolute atomic E-state index is 4.42. The molecule has 0 atom stereocenters. The first-order valence-electron chi connectivity index (χ1n) is 8.89. The first kappa shape index (κ1) is 16.7. The van der Waals surface area contributed by atoms with Crippen molar-refractivity contribution in [3.63, 3.8) is 0 Å². The van der Waals surface area contributed by atoms with Gasteiger partial charge in [-0.05, 0) is 18.6 Å². The van der Waals surface area contributed by atoms with E-state index in [1.807, 2.05) is 29.2 Å².